The molecular weight excluding hydrogens is 224 g/mol. The van der Waals surface area contributed by atoms with Crippen LogP contribution in [0.1, 0.15) is 57.7 Å². The zero-order valence-electron chi connectivity index (χ0n) is 11.7. The maximum absolute atomic E-state index is 5.75. The molecule has 0 atom stereocenters. The van der Waals surface area contributed by atoms with Crippen molar-refractivity contribution in [2.24, 2.45) is 17.6 Å². The van der Waals surface area contributed by atoms with Gasteiger partial charge in [-0.25, -0.2) is 0 Å². The first-order valence-corrected chi connectivity index (χ1v) is 7.28. The molecule has 0 radical (unpaired) electrons. The number of nitrogens with zero attached hydrogens (tertiary/aromatic N) is 3. The van der Waals surface area contributed by atoms with Gasteiger partial charge in [0, 0.05) is 12.5 Å². The Morgan fingerprint density at radius 2 is 2.06 bits per heavy atom. The van der Waals surface area contributed by atoms with Crippen LogP contribution in [0.3, 0.4) is 0 Å². The summed E-state index contributed by atoms with van der Waals surface area (Å²) in [6, 6.07) is 0. The van der Waals surface area contributed by atoms with E-state index in [0.717, 1.165) is 24.9 Å². The van der Waals surface area contributed by atoms with E-state index in [1.165, 1.54) is 37.9 Å². The van der Waals surface area contributed by atoms with Gasteiger partial charge < -0.3 is 10.3 Å². The second-order valence-corrected chi connectivity index (χ2v) is 6.02. The van der Waals surface area contributed by atoms with Crippen molar-refractivity contribution in [1.82, 2.24) is 14.8 Å². The Labute approximate surface area is 110 Å². The number of nitrogens with two attached hydrogens (primary N) is 1. The van der Waals surface area contributed by atoms with Gasteiger partial charge in [0.25, 0.3) is 0 Å². The van der Waals surface area contributed by atoms with Gasteiger partial charge in [-0.05, 0) is 50.5 Å². The second kappa shape index (κ2) is 6.32. The summed E-state index contributed by atoms with van der Waals surface area (Å²) in [7, 11) is 0. The van der Waals surface area contributed by atoms with Crippen molar-refractivity contribution in [2.45, 2.75) is 58.4 Å². The van der Waals surface area contributed by atoms with Crippen molar-refractivity contribution in [3.63, 3.8) is 0 Å². The minimum absolute atomic E-state index is 0.600. The third-order valence-electron chi connectivity index (χ3n) is 4.14. The number of hydrogen-bond donors (Lipinski definition) is 1. The van der Waals surface area contributed by atoms with E-state index in [9.17, 15) is 0 Å². The fourth-order valence-corrected chi connectivity index (χ4v) is 2.81. The number of hydrogen-bond acceptors (Lipinski definition) is 3. The van der Waals surface area contributed by atoms with Gasteiger partial charge in [0.05, 0.1) is 0 Å². The monoisotopic (exact) mass is 250 g/mol. The highest BCUT2D eigenvalue weighted by molar-refractivity contribution is 4.98. The van der Waals surface area contributed by atoms with Crippen molar-refractivity contribution < 1.29 is 0 Å². The van der Waals surface area contributed by atoms with Gasteiger partial charge in [-0.1, -0.05) is 13.8 Å². The third kappa shape index (κ3) is 3.31. The summed E-state index contributed by atoms with van der Waals surface area (Å²) in [5.74, 6) is 3.26. The molecule has 4 heteroatoms. The van der Waals surface area contributed by atoms with Crippen LogP contribution < -0.4 is 5.73 Å². The largest absolute Gasteiger partial charge is 0.330 e. The first-order valence-electron chi connectivity index (χ1n) is 7.28. The van der Waals surface area contributed by atoms with Crippen LogP contribution in [0.5, 0.6) is 0 Å². The molecule has 1 aromatic rings. The molecule has 1 aliphatic rings. The molecule has 18 heavy (non-hydrogen) atoms. The minimum Gasteiger partial charge on any atom is -0.330 e. The summed E-state index contributed by atoms with van der Waals surface area (Å²) in [5.41, 5.74) is 5.75. The van der Waals surface area contributed by atoms with Gasteiger partial charge in [0.2, 0.25) is 0 Å². The first-order chi connectivity index (χ1) is 8.70. The lowest BCUT2D eigenvalue weighted by Crippen LogP contribution is -2.22. The van der Waals surface area contributed by atoms with Gasteiger partial charge in [0.15, 0.2) is 0 Å². The quantitative estimate of drug-likeness (QED) is 0.873. The van der Waals surface area contributed by atoms with E-state index in [1.807, 2.05) is 6.33 Å². The zero-order chi connectivity index (χ0) is 13.0. The number of aromatic nitrogens is 3. The maximum atomic E-state index is 5.75. The highest BCUT2D eigenvalue weighted by Gasteiger charge is 2.24. The molecule has 0 bridgehead atoms. The van der Waals surface area contributed by atoms with Crippen LogP contribution in [0.2, 0.25) is 0 Å². The second-order valence-electron chi connectivity index (χ2n) is 6.02. The van der Waals surface area contributed by atoms with Crippen LogP contribution in [-0.2, 0) is 6.54 Å². The number of rotatable bonds is 5. The van der Waals surface area contributed by atoms with Crippen LogP contribution in [0.4, 0.5) is 0 Å². The van der Waals surface area contributed by atoms with Crippen molar-refractivity contribution in [2.75, 3.05) is 6.54 Å². The average molecular weight is 250 g/mol. The van der Waals surface area contributed by atoms with Crippen molar-refractivity contribution in [1.29, 1.82) is 0 Å². The van der Waals surface area contributed by atoms with Gasteiger partial charge in [0.1, 0.15) is 12.2 Å². The van der Waals surface area contributed by atoms with Crippen molar-refractivity contribution in [3.05, 3.63) is 12.2 Å². The molecule has 0 amide bonds. The molecule has 1 saturated carbocycles. The Morgan fingerprint density at radius 3 is 2.67 bits per heavy atom. The SMILES string of the molecule is CC(C)CCn1cnnc1C1CCC(CN)CC1. The summed E-state index contributed by atoms with van der Waals surface area (Å²) in [6.07, 6.45) is 8.04. The molecule has 0 aliphatic heterocycles. The minimum atomic E-state index is 0.600. The summed E-state index contributed by atoms with van der Waals surface area (Å²) >= 11 is 0. The molecular formula is C14H26N4. The summed E-state index contributed by atoms with van der Waals surface area (Å²) in [5, 5.41) is 8.45. The predicted octanol–water partition coefficient (Wildman–Crippen LogP) is 2.56. The summed E-state index contributed by atoms with van der Waals surface area (Å²) < 4.78 is 2.26. The highest BCUT2D eigenvalue weighted by atomic mass is 15.3. The molecule has 4 nitrogen and oxygen atoms in total. The van der Waals surface area contributed by atoms with Gasteiger partial charge in [-0.3, -0.25) is 0 Å². The molecule has 2 rings (SSSR count). The maximum Gasteiger partial charge on any atom is 0.135 e. The van der Waals surface area contributed by atoms with Crippen LogP contribution in [-0.4, -0.2) is 21.3 Å². The lowest BCUT2D eigenvalue weighted by Gasteiger charge is -2.27. The van der Waals surface area contributed by atoms with Crippen LogP contribution in [0.15, 0.2) is 6.33 Å². The topological polar surface area (TPSA) is 56.7 Å². The van der Waals surface area contributed by atoms with E-state index in [0.29, 0.717) is 5.92 Å². The smallest absolute Gasteiger partial charge is 0.135 e. The van der Waals surface area contributed by atoms with Crippen LogP contribution in [0, 0.1) is 11.8 Å². The lowest BCUT2D eigenvalue weighted by atomic mass is 9.81. The molecule has 1 heterocycles. The number of aryl methyl sites for hydroxylation is 1. The Morgan fingerprint density at radius 1 is 1.33 bits per heavy atom. The highest BCUT2D eigenvalue weighted by Crippen LogP contribution is 2.34. The standard InChI is InChI=1S/C14H26N4/c1-11(2)7-8-18-10-16-17-14(18)13-5-3-12(9-15)4-6-13/h10-13H,3-9,15H2,1-2H3. The predicted molar refractivity (Wildman–Crippen MR) is 73.2 cm³/mol. The molecule has 0 saturated heterocycles. The van der Waals surface area contributed by atoms with E-state index < -0.39 is 0 Å². The van der Waals surface area contributed by atoms with Crippen LogP contribution in [0.25, 0.3) is 0 Å². The van der Waals surface area contributed by atoms with E-state index >= 15 is 0 Å². The average Bonchev–Trinajstić information content (AvgIpc) is 2.85. The van der Waals surface area contributed by atoms with Crippen molar-refractivity contribution in [3.8, 4) is 0 Å². The van der Waals surface area contributed by atoms with Gasteiger partial charge in [-0.2, -0.15) is 0 Å². The fourth-order valence-electron chi connectivity index (χ4n) is 2.81. The Balaban J connectivity index is 1.95. The fraction of sp³-hybridized carbons (Fsp3) is 0.857. The van der Waals surface area contributed by atoms with E-state index in [-0.39, 0.29) is 0 Å². The molecule has 0 aromatic carbocycles. The molecule has 2 N–H and O–H groups in total. The zero-order valence-corrected chi connectivity index (χ0v) is 11.7. The lowest BCUT2D eigenvalue weighted by molar-refractivity contribution is 0.318. The molecule has 1 aromatic heterocycles. The Kier molecular flexibility index (Phi) is 4.75. The van der Waals surface area contributed by atoms with Gasteiger partial charge in [-0.15, -0.1) is 10.2 Å². The molecule has 1 aliphatic carbocycles. The molecule has 0 unspecified atom stereocenters. The van der Waals surface area contributed by atoms with E-state index in [1.54, 1.807) is 0 Å². The van der Waals surface area contributed by atoms with E-state index in [2.05, 4.69) is 28.6 Å². The Bertz CT molecular complexity index is 350. The molecule has 0 spiro atoms. The van der Waals surface area contributed by atoms with E-state index in [4.69, 9.17) is 5.73 Å². The molecule has 1 fully saturated rings. The summed E-state index contributed by atoms with van der Waals surface area (Å²) in [4.78, 5) is 0. The Hall–Kier alpha value is -0.900. The van der Waals surface area contributed by atoms with Gasteiger partial charge >= 0.3 is 0 Å². The third-order valence-corrected chi connectivity index (χ3v) is 4.14. The van der Waals surface area contributed by atoms with Crippen molar-refractivity contribution >= 4 is 0 Å². The summed E-state index contributed by atoms with van der Waals surface area (Å²) in [6.45, 7) is 6.41. The van der Waals surface area contributed by atoms with Crippen LogP contribution >= 0.6 is 0 Å². The normalized spacial score (nSPS) is 24.7. The first kappa shape index (κ1) is 13.5. The molecule has 102 valence electrons.